The minimum Gasteiger partial charge on any atom is -0.380 e. The summed E-state index contributed by atoms with van der Waals surface area (Å²) in [5.74, 6) is 0. The zero-order valence-corrected chi connectivity index (χ0v) is 11.9. The van der Waals surface area contributed by atoms with Gasteiger partial charge in [0.05, 0.1) is 6.61 Å². The van der Waals surface area contributed by atoms with Crippen molar-refractivity contribution in [1.82, 2.24) is 9.80 Å². The van der Waals surface area contributed by atoms with Gasteiger partial charge < -0.3 is 4.74 Å². The van der Waals surface area contributed by atoms with Crippen molar-refractivity contribution in [2.45, 2.75) is 33.7 Å². The van der Waals surface area contributed by atoms with E-state index in [0.29, 0.717) is 6.04 Å². The molecule has 1 heterocycles. The van der Waals surface area contributed by atoms with Gasteiger partial charge in [0.2, 0.25) is 0 Å². The van der Waals surface area contributed by atoms with Crippen LogP contribution in [0.5, 0.6) is 0 Å². The molecule has 0 amide bonds. The van der Waals surface area contributed by atoms with E-state index in [1.165, 1.54) is 25.2 Å². The zero-order valence-electron chi connectivity index (χ0n) is 11.9. The molecular weight excluding hydrogens is 212 g/mol. The van der Waals surface area contributed by atoms with Crippen LogP contribution >= 0.6 is 0 Å². The molecule has 100 valence electrons. The third kappa shape index (κ3) is 5.66. The first-order chi connectivity index (χ1) is 8.13. The Kier molecular flexibility index (Phi) is 6.78. The SMILES string of the molecule is CCOCCN1CCN(CC=C(C)C)C[C@@H]1C. The van der Waals surface area contributed by atoms with Crippen molar-refractivity contribution in [3.63, 3.8) is 0 Å². The monoisotopic (exact) mass is 240 g/mol. The average Bonchev–Trinajstić information content (AvgIpc) is 2.29. The summed E-state index contributed by atoms with van der Waals surface area (Å²) in [5.41, 5.74) is 1.41. The molecule has 3 nitrogen and oxygen atoms in total. The number of ether oxygens (including phenoxy) is 1. The Bertz CT molecular complexity index is 236. The van der Waals surface area contributed by atoms with Crippen LogP contribution in [0.1, 0.15) is 27.7 Å². The summed E-state index contributed by atoms with van der Waals surface area (Å²) in [6.07, 6.45) is 2.32. The highest BCUT2D eigenvalue weighted by Gasteiger charge is 2.22. The van der Waals surface area contributed by atoms with E-state index >= 15 is 0 Å². The Morgan fingerprint density at radius 2 is 2.12 bits per heavy atom. The van der Waals surface area contributed by atoms with Gasteiger partial charge in [-0.25, -0.2) is 0 Å². The number of piperazine rings is 1. The molecular formula is C14H28N2O. The lowest BCUT2D eigenvalue weighted by Crippen LogP contribution is -2.52. The largest absolute Gasteiger partial charge is 0.380 e. The lowest BCUT2D eigenvalue weighted by atomic mass is 10.2. The number of rotatable bonds is 6. The maximum Gasteiger partial charge on any atom is 0.0593 e. The molecule has 0 aromatic carbocycles. The van der Waals surface area contributed by atoms with E-state index in [1.807, 2.05) is 0 Å². The quantitative estimate of drug-likeness (QED) is 0.522. The summed E-state index contributed by atoms with van der Waals surface area (Å²) in [4.78, 5) is 5.07. The molecule has 1 aliphatic heterocycles. The first-order valence-corrected chi connectivity index (χ1v) is 6.81. The summed E-state index contributed by atoms with van der Waals surface area (Å²) >= 11 is 0. The van der Waals surface area contributed by atoms with E-state index in [9.17, 15) is 0 Å². The molecule has 0 aromatic heterocycles. The number of hydrogen-bond acceptors (Lipinski definition) is 3. The smallest absolute Gasteiger partial charge is 0.0593 e. The Morgan fingerprint density at radius 3 is 2.71 bits per heavy atom. The Hall–Kier alpha value is -0.380. The second kappa shape index (κ2) is 7.85. The van der Waals surface area contributed by atoms with Crippen LogP contribution < -0.4 is 0 Å². The minimum atomic E-state index is 0.648. The molecule has 17 heavy (non-hydrogen) atoms. The van der Waals surface area contributed by atoms with E-state index in [0.717, 1.165) is 26.3 Å². The molecule has 0 radical (unpaired) electrons. The third-order valence-corrected chi connectivity index (χ3v) is 3.33. The van der Waals surface area contributed by atoms with Crippen LogP contribution in [0, 0.1) is 0 Å². The first kappa shape index (κ1) is 14.7. The van der Waals surface area contributed by atoms with E-state index in [1.54, 1.807) is 0 Å². The highest BCUT2D eigenvalue weighted by Crippen LogP contribution is 2.09. The Labute approximate surface area is 106 Å². The number of nitrogens with zero attached hydrogens (tertiary/aromatic N) is 2. The van der Waals surface area contributed by atoms with Crippen LogP contribution in [-0.2, 0) is 4.74 Å². The normalized spacial score (nSPS) is 22.7. The molecule has 1 aliphatic rings. The minimum absolute atomic E-state index is 0.648. The van der Waals surface area contributed by atoms with Crippen molar-refractivity contribution in [3.05, 3.63) is 11.6 Å². The summed E-state index contributed by atoms with van der Waals surface area (Å²) in [6, 6.07) is 0.648. The van der Waals surface area contributed by atoms with Gasteiger partial charge in [-0.3, -0.25) is 9.80 Å². The van der Waals surface area contributed by atoms with Gasteiger partial charge >= 0.3 is 0 Å². The molecule has 1 fully saturated rings. The molecule has 1 rings (SSSR count). The van der Waals surface area contributed by atoms with Gasteiger partial charge in [0.15, 0.2) is 0 Å². The fourth-order valence-corrected chi connectivity index (χ4v) is 2.21. The van der Waals surface area contributed by atoms with Gasteiger partial charge in [0, 0.05) is 45.4 Å². The van der Waals surface area contributed by atoms with E-state index < -0.39 is 0 Å². The summed E-state index contributed by atoms with van der Waals surface area (Å²) < 4.78 is 5.43. The zero-order chi connectivity index (χ0) is 12.7. The maximum absolute atomic E-state index is 5.43. The standard InChI is InChI=1S/C14H28N2O/c1-5-17-11-10-16-9-8-15(12-14(16)4)7-6-13(2)3/h6,14H,5,7-12H2,1-4H3/t14-/m0/s1. The summed E-state index contributed by atoms with van der Waals surface area (Å²) in [5, 5.41) is 0. The number of allylic oxidation sites excluding steroid dienone is 1. The predicted molar refractivity (Wildman–Crippen MR) is 73.4 cm³/mol. The van der Waals surface area contributed by atoms with Gasteiger partial charge in [-0.2, -0.15) is 0 Å². The Morgan fingerprint density at radius 1 is 1.35 bits per heavy atom. The van der Waals surface area contributed by atoms with Gasteiger partial charge in [-0.15, -0.1) is 0 Å². The van der Waals surface area contributed by atoms with Crippen molar-refractivity contribution in [1.29, 1.82) is 0 Å². The van der Waals surface area contributed by atoms with Gasteiger partial charge in [0.25, 0.3) is 0 Å². The van der Waals surface area contributed by atoms with Crippen LogP contribution in [-0.4, -0.2) is 61.8 Å². The molecule has 0 spiro atoms. The molecule has 0 bridgehead atoms. The van der Waals surface area contributed by atoms with Crippen LogP contribution in [0.4, 0.5) is 0 Å². The molecule has 0 unspecified atom stereocenters. The van der Waals surface area contributed by atoms with Crippen LogP contribution in [0.15, 0.2) is 11.6 Å². The molecule has 0 N–H and O–H groups in total. The lowest BCUT2D eigenvalue weighted by molar-refractivity contribution is 0.0534. The van der Waals surface area contributed by atoms with Crippen molar-refractivity contribution in [2.75, 3.05) is 45.9 Å². The molecule has 0 aromatic rings. The Balaban J connectivity index is 2.26. The second-order valence-corrected chi connectivity index (χ2v) is 5.12. The topological polar surface area (TPSA) is 15.7 Å². The van der Waals surface area contributed by atoms with Crippen molar-refractivity contribution in [2.24, 2.45) is 0 Å². The summed E-state index contributed by atoms with van der Waals surface area (Å²) in [6.45, 7) is 16.1. The van der Waals surface area contributed by atoms with Crippen molar-refractivity contribution < 1.29 is 4.74 Å². The maximum atomic E-state index is 5.43. The van der Waals surface area contributed by atoms with E-state index in [4.69, 9.17) is 4.74 Å². The van der Waals surface area contributed by atoms with Gasteiger partial charge in [-0.05, 0) is 27.7 Å². The fourth-order valence-electron chi connectivity index (χ4n) is 2.21. The van der Waals surface area contributed by atoms with Crippen LogP contribution in [0.2, 0.25) is 0 Å². The van der Waals surface area contributed by atoms with Gasteiger partial charge in [0.1, 0.15) is 0 Å². The highest BCUT2D eigenvalue weighted by molar-refractivity contribution is 4.96. The van der Waals surface area contributed by atoms with Gasteiger partial charge in [-0.1, -0.05) is 11.6 Å². The van der Waals surface area contributed by atoms with Crippen molar-refractivity contribution >= 4 is 0 Å². The molecule has 0 aliphatic carbocycles. The molecule has 3 heteroatoms. The predicted octanol–water partition coefficient (Wildman–Crippen LogP) is 2.00. The number of hydrogen-bond donors (Lipinski definition) is 0. The molecule has 1 atom stereocenters. The highest BCUT2D eigenvalue weighted by atomic mass is 16.5. The molecule has 0 saturated carbocycles. The lowest BCUT2D eigenvalue weighted by Gasteiger charge is -2.39. The third-order valence-electron chi connectivity index (χ3n) is 3.33. The van der Waals surface area contributed by atoms with Crippen LogP contribution in [0.3, 0.4) is 0 Å². The van der Waals surface area contributed by atoms with Crippen molar-refractivity contribution in [3.8, 4) is 0 Å². The second-order valence-electron chi connectivity index (χ2n) is 5.12. The van der Waals surface area contributed by atoms with Crippen LogP contribution in [0.25, 0.3) is 0 Å². The average molecular weight is 240 g/mol. The van der Waals surface area contributed by atoms with E-state index in [-0.39, 0.29) is 0 Å². The molecule has 1 saturated heterocycles. The fraction of sp³-hybridized carbons (Fsp3) is 0.857. The van der Waals surface area contributed by atoms with E-state index in [2.05, 4.69) is 43.6 Å². The summed E-state index contributed by atoms with van der Waals surface area (Å²) in [7, 11) is 0. The first-order valence-electron chi connectivity index (χ1n) is 6.81.